The molecule has 0 spiro atoms. The molecule has 0 aliphatic rings. The SMILES string of the molecule is CC(C)(C)c1cc(C(C)(C)C)c2oc(C(=O)O)cc2c1. The van der Waals surface area contributed by atoms with Crippen LogP contribution in [0.25, 0.3) is 11.0 Å². The van der Waals surface area contributed by atoms with Gasteiger partial charge < -0.3 is 9.52 Å². The van der Waals surface area contributed by atoms with Crippen LogP contribution < -0.4 is 0 Å². The summed E-state index contributed by atoms with van der Waals surface area (Å²) in [7, 11) is 0. The number of furan rings is 1. The summed E-state index contributed by atoms with van der Waals surface area (Å²) in [5, 5.41) is 9.98. The number of hydrogen-bond acceptors (Lipinski definition) is 2. The summed E-state index contributed by atoms with van der Waals surface area (Å²) in [6.45, 7) is 12.8. The van der Waals surface area contributed by atoms with Crippen molar-refractivity contribution in [2.45, 2.75) is 52.4 Å². The third kappa shape index (κ3) is 2.58. The first-order chi connectivity index (χ1) is 9.00. The summed E-state index contributed by atoms with van der Waals surface area (Å²) in [6, 6.07) is 5.78. The van der Waals surface area contributed by atoms with Gasteiger partial charge in [-0.1, -0.05) is 47.6 Å². The van der Waals surface area contributed by atoms with Crippen LogP contribution in [0.15, 0.2) is 22.6 Å². The largest absolute Gasteiger partial charge is 0.475 e. The fourth-order valence-electron chi connectivity index (χ4n) is 2.25. The number of carboxylic acids is 1. The Kier molecular flexibility index (Phi) is 3.20. The Morgan fingerprint density at radius 1 is 1.00 bits per heavy atom. The second-order valence-corrected chi connectivity index (χ2v) is 7.36. The lowest BCUT2D eigenvalue weighted by atomic mass is 9.80. The van der Waals surface area contributed by atoms with E-state index in [1.54, 1.807) is 6.07 Å². The van der Waals surface area contributed by atoms with E-state index in [1.165, 1.54) is 5.56 Å². The standard InChI is InChI=1S/C17H22O3/c1-16(2,3)11-7-10-8-13(15(18)19)20-14(10)12(9-11)17(4,5)6/h7-9H,1-6H3,(H,18,19). The fraction of sp³-hybridized carbons (Fsp3) is 0.471. The Balaban J connectivity index is 2.82. The van der Waals surface area contributed by atoms with E-state index in [4.69, 9.17) is 9.52 Å². The molecule has 0 aliphatic carbocycles. The van der Waals surface area contributed by atoms with Crippen molar-refractivity contribution < 1.29 is 14.3 Å². The Hall–Kier alpha value is -1.77. The molecule has 0 unspecified atom stereocenters. The van der Waals surface area contributed by atoms with Crippen LogP contribution in [0.3, 0.4) is 0 Å². The van der Waals surface area contributed by atoms with Crippen molar-refractivity contribution in [3.05, 3.63) is 35.1 Å². The van der Waals surface area contributed by atoms with Gasteiger partial charge in [-0.05, 0) is 28.5 Å². The molecule has 1 aromatic heterocycles. The molecule has 0 saturated heterocycles. The molecule has 2 aromatic rings. The van der Waals surface area contributed by atoms with Crippen molar-refractivity contribution in [3.63, 3.8) is 0 Å². The molecule has 0 saturated carbocycles. The van der Waals surface area contributed by atoms with Crippen LogP contribution in [0.5, 0.6) is 0 Å². The molecule has 3 heteroatoms. The van der Waals surface area contributed by atoms with Gasteiger partial charge in [-0.2, -0.15) is 0 Å². The van der Waals surface area contributed by atoms with Crippen molar-refractivity contribution >= 4 is 16.9 Å². The van der Waals surface area contributed by atoms with Crippen molar-refractivity contribution in [2.24, 2.45) is 0 Å². The summed E-state index contributed by atoms with van der Waals surface area (Å²) in [6.07, 6.45) is 0. The first-order valence-corrected chi connectivity index (χ1v) is 6.82. The number of benzene rings is 1. The third-order valence-electron chi connectivity index (χ3n) is 3.50. The number of aromatic carboxylic acids is 1. The van der Waals surface area contributed by atoms with E-state index >= 15 is 0 Å². The van der Waals surface area contributed by atoms with Crippen molar-refractivity contribution in [1.82, 2.24) is 0 Å². The van der Waals surface area contributed by atoms with Crippen molar-refractivity contribution in [3.8, 4) is 0 Å². The maximum atomic E-state index is 11.1. The Morgan fingerprint density at radius 3 is 2.05 bits per heavy atom. The van der Waals surface area contributed by atoms with E-state index < -0.39 is 5.97 Å². The third-order valence-corrected chi connectivity index (χ3v) is 3.50. The van der Waals surface area contributed by atoms with Crippen molar-refractivity contribution in [2.75, 3.05) is 0 Å². The van der Waals surface area contributed by atoms with Crippen LogP contribution in [0, 0.1) is 0 Å². The minimum atomic E-state index is -1.03. The first kappa shape index (κ1) is 14.6. The molecule has 0 aliphatic heterocycles. The maximum absolute atomic E-state index is 11.1. The van der Waals surface area contributed by atoms with Gasteiger partial charge in [0.1, 0.15) is 5.58 Å². The Labute approximate surface area is 119 Å². The molecule has 0 atom stereocenters. The molecule has 1 aromatic carbocycles. The molecule has 0 radical (unpaired) electrons. The summed E-state index contributed by atoms with van der Waals surface area (Å²) in [5.41, 5.74) is 2.82. The molecular formula is C17H22O3. The monoisotopic (exact) mass is 274 g/mol. The molecule has 1 N–H and O–H groups in total. The molecule has 20 heavy (non-hydrogen) atoms. The summed E-state index contributed by atoms with van der Waals surface area (Å²) < 4.78 is 5.56. The van der Waals surface area contributed by atoms with Crippen LogP contribution in [0.4, 0.5) is 0 Å². The normalized spacial score (nSPS) is 12.9. The lowest BCUT2D eigenvalue weighted by molar-refractivity contribution is 0.0665. The quantitative estimate of drug-likeness (QED) is 0.818. The van der Waals surface area contributed by atoms with Gasteiger partial charge in [0.15, 0.2) is 0 Å². The number of hydrogen-bond donors (Lipinski definition) is 1. The van der Waals surface area contributed by atoms with Gasteiger partial charge in [-0.25, -0.2) is 4.79 Å². The highest BCUT2D eigenvalue weighted by molar-refractivity contribution is 5.93. The van der Waals surface area contributed by atoms with E-state index in [-0.39, 0.29) is 16.6 Å². The summed E-state index contributed by atoms with van der Waals surface area (Å²) in [4.78, 5) is 11.1. The highest BCUT2D eigenvalue weighted by atomic mass is 16.4. The van der Waals surface area contributed by atoms with Gasteiger partial charge in [0.25, 0.3) is 0 Å². The first-order valence-electron chi connectivity index (χ1n) is 6.82. The lowest BCUT2D eigenvalue weighted by Gasteiger charge is -2.25. The van der Waals surface area contributed by atoms with Crippen LogP contribution in [-0.2, 0) is 10.8 Å². The fourth-order valence-corrected chi connectivity index (χ4v) is 2.25. The van der Waals surface area contributed by atoms with E-state index in [2.05, 4.69) is 47.6 Å². The van der Waals surface area contributed by atoms with Gasteiger partial charge in [-0.3, -0.25) is 0 Å². The molecule has 1 heterocycles. The minimum Gasteiger partial charge on any atom is -0.475 e. The van der Waals surface area contributed by atoms with Gasteiger partial charge >= 0.3 is 5.97 Å². The zero-order valence-electron chi connectivity index (χ0n) is 13.0. The number of fused-ring (bicyclic) bond motifs is 1. The second-order valence-electron chi connectivity index (χ2n) is 7.36. The van der Waals surface area contributed by atoms with Crippen molar-refractivity contribution in [1.29, 1.82) is 0 Å². The topological polar surface area (TPSA) is 50.4 Å². The van der Waals surface area contributed by atoms with Crippen LogP contribution in [0.2, 0.25) is 0 Å². The van der Waals surface area contributed by atoms with E-state index in [0.29, 0.717) is 5.58 Å². The van der Waals surface area contributed by atoms with Crippen LogP contribution in [-0.4, -0.2) is 11.1 Å². The molecule has 0 bridgehead atoms. The van der Waals surface area contributed by atoms with E-state index in [9.17, 15) is 4.79 Å². The molecular weight excluding hydrogens is 252 g/mol. The van der Waals surface area contributed by atoms with E-state index in [0.717, 1.165) is 10.9 Å². The van der Waals surface area contributed by atoms with Gasteiger partial charge in [-0.15, -0.1) is 0 Å². The highest BCUT2D eigenvalue weighted by Gasteiger charge is 2.25. The smallest absolute Gasteiger partial charge is 0.371 e. The average molecular weight is 274 g/mol. The van der Waals surface area contributed by atoms with Crippen LogP contribution in [0.1, 0.15) is 63.2 Å². The maximum Gasteiger partial charge on any atom is 0.371 e. The Bertz CT molecular complexity index is 664. The van der Waals surface area contributed by atoms with Gasteiger partial charge in [0.2, 0.25) is 5.76 Å². The summed E-state index contributed by atoms with van der Waals surface area (Å²) >= 11 is 0. The molecule has 0 fully saturated rings. The molecule has 108 valence electrons. The molecule has 0 amide bonds. The second kappa shape index (κ2) is 4.37. The van der Waals surface area contributed by atoms with Gasteiger partial charge in [0.05, 0.1) is 0 Å². The lowest BCUT2D eigenvalue weighted by Crippen LogP contribution is -2.16. The number of rotatable bonds is 1. The number of carboxylic acid groups (broad SMARTS) is 1. The van der Waals surface area contributed by atoms with Crippen LogP contribution >= 0.6 is 0 Å². The highest BCUT2D eigenvalue weighted by Crippen LogP contribution is 2.36. The van der Waals surface area contributed by atoms with Gasteiger partial charge in [0, 0.05) is 10.9 Å². The predicted octanol–water partition coefficient (Wildman–Crippen LogP) is 4.73. The average Bonchev–Trinajstić information content (AvgIpc) is 2.68. The predicted molar refractivity (Wildman–Crippen MR) is 80.6 cm³/mol. The zero-order valence-corrected chi connectivity index (χ0v) is 13.0. The zero-order chi connectivity index (χ0) is 15.3. The molecule has 2 rings (SSSR count). The number of carbonyl (C=O) groups is 1. The van der Waals surface area contributed by atoms with E-state index in [1.807, 2.05) is 6.07 Å². The minimum absolute atomic E-state index is 0.00319. The molecule has 3 nitrogen and oxygen atoms in total. The summed E-state index contributed by atoms with van der Waals surface area (Å²) in [5.74, 6) is -1.03. The Morgan fingerprint density at radius 2 is 1.60 bits per heavy atom.